The Kier molecular flexibility index (Phi) is 3.91. The van der Waals surface area contributed by atoms with Gasteiger partial charge in [-0.1, -0.05) is 38.1 Å². The molecule has 0 spiro atoms. The monoisotopic (exact) mass is 279 g/mol. The number of fused-ring (bicyclic) bond motifs is 1. The summed E-state index contributed by atoms with van der Waals surface area (Å²) in [5.41, 5.74) is 3.25. The van der Waals surface area contributed by atoms with Crippen LogP contribution in [0.5, 0.6) is 0 Å². The molecule has 3 nitrogen and oxygen atoms in total. The van der Waals surface area contributed by atoms with E-state index < -0.39 is 0 Å². The van der Waals surface area contributed by atoms with Gasteiger partial charge in [-0.25, -0.2) is 4.98 Å². The average molecular weight is 279 g/mol. The molecule has 0 radical (unpaired) electrons. The van der Waals surface area contributed by atoms with Gasteiger partial charge in [-0.15, -0.1) is 0 Å². The molecule has 0 saturated carbocycles. The van der Waals surface area contributed by atoms with Crippen LogP contribution in [-0.4, -0.2) is 9.38 Å². The molecule has 0 atom stereocenters. The molecule has 2 aromatic heterocycles. The molecule has 0 bridgehead atoms. The Morgan fingerprint density at radius 1 is 1.00 bits per heavy atom. The zero-order chi connectivity index (χ0) is 14.7. The van der Waals surface area contributed by atoms with Gasteiger partial charge in [0.2, 0.25) is 0 Å². The number of pyridine rings is 1. The van der Waals surface area contributed by atoms with E-state index in [9.17, 15) is 0 Å². The molecule has 3 rings (SSSR count). The van der Waals surface area contributed by atoms with E-state index in [1.165, 1.54) is 0 Å². The maximum Gasteiger partial charge on any atom is 0.138 e. The predicted molar refractivity (Wildman–Crippen MR) is 88.2 cm³/mol. The van der Waals surface area contributed by atoms with Gasteiger partial charge in [-0.3, -0.25) is 4.40 Å². The molecule has 1 aromatic carbocycles. The standard InChI is InChI=1S/C18H21N3/c1-3-14(4-2)17-18(19-15-10-6-5-7-11-15)21-13-9-8-12-16(21)20-17/h5-14,19H,3-4H2,1-2H3. The number of rotatable bonds is 5. The van der Waals surface area contributed by atoms with Crippen molar-refractivity contribution < 1.29 is 0 Å². The molecule has 3 aromatic rings. The third-order valence-corrected chi connectivity index (χ3v) is 3.97. The third kappa shape index (κ3) is 2.64. The molecule has 0 saturated heterocycles. The Morgan fingerprint density at radius 3 is 2.43 bits per heavy atom. The maximum atomic E-state index is 4.85. The van der Waals surface area contributed by atoms with Crippen molar-refractivity contribution in [2.45, 2.75) is 32.6 Å². The lowest BCUT2D eigenvalue weighted by molar-refractivity contribution is 0.629. The van der Waals surface area contributed by atoms with E-state index in [1.54, 1.807) is 0 Å². The van der Waals surface area contributed by atoms with Crippen LogP contribution in [0.25, 0.3) is 5.65 Å². The van der Waals surface area contributed by atoms with E-state index in [0.29, 0.717) is 5.92 Å². The van der Waals surface area contributed by atoms with Gasteiger partial charge in [0.25, 0.3) is 0 Å². The highest BCUT2D eigenvalue weighted by Gasteiger charge is 2.18. The van der Waals surface area contributed by atoms with Crippen LogP contribution in [0.4, 0.5) is 11.5 Å². The Bertz CT molecular complexity index is 712. The maximum absolute atomic E-state index is 4.85. The van der Waals surface area contributed by atoms with Crippen molar-refractivity contribution in [3.05, 3.63) is 60.4 Å². The molecule has 108 valence electrons. The van der Waals surface area contributed by atoms with Gasteiger partial charge in [-0.05, 0) is 37.1 Å². The second-order valence-electron chi connectivity index (χ2n) is 5.28. The highest BCUT2D eigenvalue weighted by atomic mass is 15.1. The second-order valence-corrected chi connectivity index (χ2v) is 5.28. The number of benzene rings is 1. The van der Waals surface area contributed by atoms with Crippen LogP contribution in [0.2, 0.25) is 0 Å². The molecule has 0 fully saturated rings. The SMILES string of the molecule is CCC(CC)c1nc2ccccn2c1Nc1ccccc1. The minimum Gasteiger partial charge on any atom is -0.340 e. The Labute approximate surface area is 125 Å². The molecule has 1 N–H and O–H groups in total. The van der Waals surface area contributed by atoms with Gasteiger partial charge in [0.05, 0.1) is 5.69 Å². The molecule has 0 unspecified atom stereocenters. The summed E-state index contributed by atoms with van der Waals surface area (Å²) in [6.45, 7) is 4.45. The highest BCUT2D eigenvalue weighted by Crippen LogP contribution is 2.31. The number of nitrogens with one attached hydrogen (secondary N) is 1. The fraction of sp³-hybridized carbons (Fsp3) is 0.278. The summed E-state index contributed by atoms with van der Waals surface area (Å²) in [6, 6.07) is 16.4. The number of aromatic nitrogens is 2. The van der Waals surface area contributed by atoms with Crippen molar-refractivity contribution in [1.29, 1.82) is 0 Å². The van der Waals surface area contributed by atoms with Crippen LogP contribution >= 0.6 is 0 Å². The Balaban J connectivity index is 2.11. The Morgan fingerprint density at radius 2 is 1.71 bits per heavy atom. The van der Waals surface area contributed by atoms with Crippen molar-refractivity contribution in [2.75, 3.05) is 5.32 Å². The normalized spacial score (nSPS) is 11.2. The van der Waals surface area contributed by atoms with E-state index in [1.807, 2.05) is 30.3 Å². The Hall–Kier alpha value is -2.29. The summed E-state index contributed by atoms with van der Waals surface area (Å²) in [5.74, 6) is 1.57. The molecule has 0 aliphatic carbocycles. The fourth-order valence-corrected chi connectivity index (χ4v) is 2.76. The van der Waals surface area contributed by atoms with E-state index in [4.69, 9.17) is 4.98 Å². The number of nitrogens with zero attached hydrogens (tertiary/aromatic N) is 2. The first-order valence-corrected chi connectivity index (χ1v) is 7.62. The van der Waals surface area contributed by atoms with Crippen LogP contribution in [0.3, 0.4) is 0 Å². The van der Waals surface area contributed by atoms with Crippen molar-refractivity contribution in [1.82, 2.24) is 9.38 Å². The molecular weight excluding hydrogens is 258 g/mol. The van der Waals surface area contributed by atoms with E-state index >= 15 is 0 Å². The van der Waals surface area contributed by atoms with Gasteiger partial charge in [0.1, 0.15) is 11.5 Å². The topological polar surface area (TPSA) is 29.3 Å². The average Bonchev–Trinajstić information content (AvgIpc) is 2.89. The van der Waals surface area contributed by atoms with Crippen molar-refractivity contribution >= 4 is 17.2 Å². The lowest BCUT2D eigenvalue weighted by Gasteiger charge is -2.14. The zero-order valence-corrected chi connectivity index (χ0v) is 12.6. The number of hydrogen-bond donors (Lipinski definition) is 1. The van der Waals surface area contributed by atoms with Crippen molar-refractivity contribution in [2.24, 2.45) is 0 Å². The summed E-state index contributed by atoms with van der Waals surface area (Å²) < 4.78 is 2.14. The minimum atomic E-state index is 0.483. The minimum absolute atomic E-state index is 0.483. The number of para-hydroxylation sites is 1. The smallest absolute Gasteiger partial charge is 0.138 e. The summed E-state index contributed by atoms with van der Waals surface area (Å²) in [7, 11) is 0. The third-order valence-electron chi connectivity index (χ3n) is 3.97. The first kappa shape index (κ1) is 13.7. The molecule has 3 heteroatoms. The number of hydrogen-bond acceptors (Lipinski definition) is 2. The van der Waals surface area contributed by atoms with Gasteiger partial charge < -0.3 is 5.32 Å². The fourth-order valence-electron chi connectivity index (χ4n) is 2.76. The molecule has 0 aliphatic rings. The summed E-state index contributed by atoms with van der Waals surface area (Å²) >= 11 is 0. The molecular formula is C18H21N3. The van der Waals surface area contributed by atoms with Gasteiger partial charge in [0.15, 0.2) is 0 Å². The lowest BCUT2D eigenvalue weighted by Crippen LogP contribution is -2.02. The quantitative estimate of drug-likeness (QED) is 0.713. The van der Waals surface area contributed by atoms with Gasteiger partial charge in [0, 0.05) is 17.8 Å². The summed E-state index contributed by atoms with van der Waals surface area (Å²) in [5, 5.41) is 3.55. The van der Waals surface area contributed by atoms with E-state index in [0.717, 1.165) is 35.7 Å². The molecule has 2 heterocycles. The summed E-state index contributed by atoms with van der Waals surface area (Å²) in [6.07, 6.45) is 4.27. The van der Waals surface area contributed by atoms with E-state index in [2.05, 4.69) is 48.0 Å². The predicted octanol–water partition coefficient (Wildman–Crippen LogP) is 4.98. The molecule has 0 aliphatic heterocycles. The van der Waals surface area contributed by atoms with Crippen LogP contribution in [0, 0.1) is 0 Å². The lowest BCUT2D eigenvalue weighted by atomic mass is 9.99. The van der Waals surface area contributed by atoms with Crippen molar-refractivity contribution in [3.8, 4) is 0 Å². The van der Waals surface area contributed by atoms with Crippen LogP contribution in [-0.2, 0) is 0 Å². The highest BCUT2D eigenvalue weighted by molar-refractivity contribution is 5.64. The van der Waals surface area contributed by atoms with Crippen LogP contribution in [0.15, 0.2) is 54.7 Å². The number of imidazole rings is 1. The van der Waals surface area contributed by atoms with Crippen molar-refractivity contribution in [3.63, 3.8) is 0 Å². The van der Waals surface area contributed by atoms with Crippen LogP contribution < -0.4 is 5.32 Å². The first-order valence-electron chi connectivity index (χ1n) is 7.62. The summed E-state index contributed by atoms with van der Waals surface area (Å²) in [4.78, 5) is 4.85. The van der Waals surface area contributed by atoms with Crippen LogP contribution in [0.1, 0.15) is 38.3 Å². The van der Waals surface area contributed by atoms with Gasteiger partial charge >= 0.3 is 0 Å². The second kappa shape index (κ2) is 6.00. The zero-order valence-electron chi connectivity index (χ0n) is 12.6. The van der Waals surface area contributed by atoms with E-state index in [-0.39, 0.29) is 0 Å². The number of anilines is 2. The molecule has 0 amide bonds. The largest absolute Gasteiger partial charge is 0.340 e. The first-order chi connectivity index (χ1) is 10.3. The molecule has 21 heavy (non-hydrogen) atoms. The van der Waals surface area contributed by atoms with Gasteiger partial charge in [-0.2, -0.15) is 0 Å².